The number of carbonyl (C=O) groups excluding carboxylic acids is 3. The molecule has 0 aliphatic heterocycles. The van der Waals surface area contributed by atoms with Gasteiger partial charge in [0.1, 0.15) is 5.69 Å². The maximum Gasteiger partial charge on any atom is 0.328 e. The predicted octanol–water partition coefficient (Wildman–Crippen LogP) is 5.29. The SMILES string of the molecule is Cc1cc(C)cc(NC(=O)c2cc3cc(Br)ccc3n2NC(=O)C(=O)Nc2ccccc2C)c1. The minimum absolute atomic E-state index is 0.185. The highest BCUT2D eigenvalue weighted by Gasteiger charge is 2.21. The van der Waals surface area contributed by atoms with E-state index in [0.717, 1.165) is 26.5 Å². The van der Waals surface area contributed by atoms with Crippen LogP contribution in [0.25, 0.3) is 10.9 Å². The number of hydrogen-bond acceptors (Lipinski definition) is 3. The monoisotopic (exact) mass is 518 g/mol. The van der Waals surface area contributed by atoms with Crippen molar-refractivity contribution in [3.05, 3.63) is 93.6 Å². The molecule has 172 valence electrons. The van der Waals surface area contributed by atoms with E-state index in [4.69, 9.17) is 0 Å². The van der Waals surface area contributed by atoms with E-state index < -0.39 is 17.7 Å². The zero-order valence-corrected chi connectivity index (χ0v) is 20.5. The Morgan fingerprint density at radius 2 is 1.50 bits per heavy atom. The lowest BCUT2D eigenvalue weighted by Gasteiger charge is -2.14. The van der Waals surface area contributed by atoms with E-state index in [1.165, 1.54) is 4.68 Å². The van der Waals surface area contributed by atoms with Crippen molar-refractivity contribution in [2.24, 2.45) is 0 Å². The van der Waals surface area contributed by atoms with E-state index >= 15 is 0 Å². The van der Waals surface area contributed by atoms with Gasteiger partial charge in [-0.2, -0.15) is 0 Å². The molecule has 4 aromatic rings. The lowest BCUT2D eigenvalue weighted by Crippen LogP contribution is -2.36. The van der Waals surface area contributed by atoms with E-state index in [0.29, 0.717) is 16.9 Å². The van der Waals surface area contributed by atoms with Gasteiger partial charge < -0.3 is 10.6 Å². The summed E-state index contributed by atoms with van der Waals surface area (Å²) in [6.45, 7) is 5.73. The van der Waals surface area contributed by atoms with Gasteiger partial charge >= 0.3 is 11.8 Å². The third-order valence-electron chi connectivity index (χ3n) is 5.29. The number of fused-ring (bicyclic) bond motifs is 1. The Morgan fingerprint density at radius 1 is 0.794 bits per heavy atom. The van der Waals surface area contributed by atoms with Crippen molar-refractivity contribution in [2.45, 2.75) is 20.8 Å². The number of aromatic nitrogens is 1. The Balaban J connectivity index is 1.65. The summed E-state index contributed by atoms with van der Waals surface area (Å²) in [5, 5.41) is 6.21. The molecule has 0 saturated heterocycles. The molecule has 4 rings (SSSR count). The normalized spacial score (nSPS) is 10.7. The third kappa shape index (κ3) is 5.02. The smallest absolute Gasteiger partial charge is 0.321 e. The van der Waals surface area contributed by atoms with Crippen molar-refractivity contribution in [1.82, 2.24) is 4.68 Å². The fraction of sp³-hybridized carbons (Fsp3) is 0.115. The molecule has 0 bridgehead atoms. The van der Waals surface area contributed by atoms with Gasteiger partial charge in [-0.3, -0.25) is 19.8 Å². The van der Waals surface area contributed by atoms with Gasteiger partial charge in [0.05, 0.1) is 5.52 Å². The average molecular weight is 519 g/mol. The summed E-state index contributed by atoms with van der Waals surface area (Å²) >= 11 is 3.43. The molecule has 0 saturated carbocycles. The first-order valence-electron chi connectivity index (χ1n) is 10.6. The molecule has 3 amide bonds. The molecule has 3 aromatic carbocycles. The highest BCUT2D eigenvalue weighted by Crippen LogP contribution is 2.24. The van der Waals surface area contributed by atoms with Crippen molar-refractivity contribution in [3.8, 4) is 0 Å². The Hall–Kier alpha value is -3.91. The van der Waals surface area contributed by atoms with E-state index in [-0.39, 0.29) is 5.69 Å². The van der Waals surface area contributed by atoms with Crippen molar-refractivity contribution in [3.63, 3.8) is 0 Å². The standard InChI is InChI=1S/C26H23BrN4O3/c1-15-10-16(2)12-20(11-15)28-24(32)23-14-18-13-19(27)8-9-22(18)31(23)30-26(34)25(33)29-21-7-5-4-6-17(21)3/h4-14H,1-3H3,(H,28,32)(H,29,33)(H,30,34). The molecule has 0 fully saturated rings. The van der Waals surface area contributed by atoms with E-state index in [2.05, 4.69) is 32.0 Å². The van der Waals surface area contributed by atoms with Crippen LogP contribution in [0.3, 0.4) is 0 Å². The average Bonchev–Trinajstić information content (AvgIpc) is 3.12. The van der Waals surface area contributed by atoms with Gasteiger partial charge in [0, 0.05) is 21.2 Å². The van der Waals surface area contributed by atoms with Crippen LogP contribution in [-0.2, 0) is 9.59 Å². The lowest BCUT2D eigenvalue weighted by atomic mass is 10.1. The quantitative estimate of drug-likeness (QED) is 0.320. The van der Waals surface area contributed by atoms with Gasteiger partial charge in [-0.25, -0.2) is 4.68 Å². The summed E-state index contributed by atoms with van der Waals surface area (Å²) in [5.74, 6) is -2.16. The molecule has 0 unspecified atom stereocenters. The largest absolute Gasteiger partial charge is 0.328 e. The molecule has 3 N–H and O–H groups in total. The number of nitrogens with one attached hydrogen (secondary N) is 3. The molecule has 0 spiro atoms. The third-order valence-corrected chi connectivity index (χ3v) is 5.78. The highest BCUT2D eigenvalue weighted by atomic mass is 79.9. The van der Waals surface area contributed by atoms with Crippen molar-refractivity contribution < 1.29 is 14.4 Å². The van der Waals surface area contributed by atoms with Crippen molar-refractivity contribution in [2.75, 3.05) is 16.1 Å². The van der Waals surface area contributed by atoms with E-state index in [9.17, 15) is 14.4 Å². The van der Waals surface area contributed by atoms with Gasteiger partial charge in [-0.05, 0) is 79.9 Å². The Kier molecular flexibility index (Phi) is 6.51. The number of halogens is 1. The van der Waals surface area contributed by atoms with Crippen molar-refractivity contribution in [1.29, 1.82) is 0 Å². The molecule has 0 aliphatic carbocycles. The van der Waals surface area contributed by atoms with Crippen LogP contribution in [0.4, 0.5) is 11.4 Å². The minimum Gasteiger partial charge on any atom is -0.321 e. The van der Waals surface area contributed by atoms with Crippen LogP contribution in [0.5, 0.6) is 0 Å². The van der Waals surface area contributed by atoms with Gasteiger partial charge in [0.2, 0.25) is 0 Å². The molecule has 0 aliphatic rings. The molecular formula is C26H23BrN4O3. The molecule has 1 aromatic heterocycles. The van der Waals surface area contributed by atoms with Crippen LogP contribution < -0.4 is 16.1 Å². The maximum absolute atomic E-state index is 13.2. The summed E-state index contributed by atoms with van der Waals surface area (Å²) < 4.78 is 2.15. The summed E-state index contributed by atoms with van der Waals surface area (Å²) in [5.41, 5.74) is 7.37. The van der Waals surface area contributed by atoms with Crippen LogP contribution in [0.15, 0.2) is 71.2 Å². The Labute approximate surface area is 205 Å². The first-order valence-corrected chi connectivity index (χ1v) is 11.4. The van der Waals surface area contributed by atoms with Gasteiger partial charge in [-0.1, -0.05) is 40.2 Å². The lowest BCUT2D eigenvalue weighted by molar-refractivity contribution is -0.133. The molecule has 8 heteroatoms. The van der Waals surface area contributed by atoms with Gasteiger partial charge in [0.25, 0.3) is 5.91 Å². The van der Waals surface area contributed by atoms with E-state index in [1.807, 2.05) is 57.2 Å². The molecule has 7 nitrogen and oxygen atoms in total. The van der Waals surface area contributed by atoms with Gasteiger partial charge in [-0.15, -0.1) is 0 Å². The first-order chi connectivity index (χ1) is 16.2. The van der Waals surface area contributed by atoms with E-state index in [1.54, 1.807) is 30.3 Å². The summed E-state index contributed by atoms with van der Waals surface area (Å²) in [7, 11) is 0. The summed E-state index contributed by atoms with van der Waals surface area (Å²) in [4.78, 5) is 38.6. The number of aryl methyl sites for hydroxylation is 3. The number of anilines is 2. The molecule has 34 heavy (non-hydrogen) atoms. The highest BCUT2D eigenvalue weighted by molar-refractivity contribution is 9.10. The number of carbonyl (C=O) groups is 3. The van der Waals surface area contributed by atoms with Crippen LogP contribution in [0, 0.1) is 20.8 Å². The molecular weight excluding hydrogens is 496 g/mol. The number of para-hydroxylation sites is 1. The van der Waals surface area contributed by atoms with Crippen LogP contribution in [-0.4, -0.2) is 22.4 Å². The fourth-order valence-electron chi connectivity index (χ4n) is 3.76. The number of amides is 3. The summed E-state index contributed by atoms with van der Waals surface area (Å²) in [6.07, 6.45) is 0. The second-order valence-electron chi connectivity index (χ2n) is 8.11. The number of hydrogen-bond donors (Lipinski definition) is 3. The zero-order valence-electron chi connectivity index (χ0n) is 18.9. The molecule has 0 radical (unpaired) electrons. The number of rotatable bonds is 4. The molecule has 0 atom stereocenters. The fourth-order valence-corrected chi connectivity index (χ4v) is 4.14. The second-order valence-corrected chi connectivity index (χ2v) is 9.02. The Morgan fingerprint density at radius 3 is 2.21 bits per heavy atom. The minimum atomic E-state index is -0.899. The van der Waals surface area contributed by atoms with Crippen LogP contribution in [0.2, 0.25) is 0 Å². The summed E-state index contributed by atoms with van der Waals surface area (Å²) in [6, 6.07) is 19.9. The first kappa shape index (κ1) is 23.3. The maximum atomic E-state index is 13.2. The second kappa shape index (κ2) is 9.52. The van der Waals surface area contributed by atoms with Crippen LogP contribution in [0.1, 0.15) is 27.2 Å². The number of benzene rings is 3. The molecule has 1 heterocycles. The van der Waals surface area contributed by atoms with Crippen molar-refractivity contribution >= 4 is 55.9 Å². The topological polar surface area (TPSA) is 92.2 Å². The van der Waals surface area contributed by atoms with Crippen LogP contribution >= 0.6 is 15.9 Å². The predicted molar refractivity (Wildman–Crippen MR) is 138 cm³/mol. The van der Waals surface area contributed by atoms with Gasteiger partial charge in [0.15, 0.2) is 0 Å². The Bertz CT molecular complexity index is 1420. The zero-order chi connectivity index (χ0) is 24.4. The number of nitrogens with zero attached hydrogens (tertiary/aromatic N) is 1.